The molecule has 0 bridgehead atoms. The SMILES string of the molecule is COCCCNC(=O)C(C)(C)C(=O)Nc1cc(Cl)ccc1C. The van der Waals surface area contributed by atoms with Gasteiger partial charge in [0.15, 0.2) is 0 Å². The summed E-state index contributed by atoms with van der Waals surface area (Å²) >= 11 is 5.93. The van der Waals surface area contributed by atoms with Gasteiger partial charge in [0.2, 0.25) is 11.8 Å². The lowest BCUT2D eigenvalue weighted by atomic mass is 9.90. The maximum atomic E-state index is 12.4. The van der Waals surface area contributed by atoms with Gasteiger partial charge in [0.05, 0.1) is 0 Å². The van der Waals surface area contributed by atoms with Crippen molar-refractivity contribution >= 4 is 29.1 Å². The van der Waals surface area contributed by atoms with Crippen LogP contribution in [0.15, 0.2) is 18.2 Å². The zero-order chi connectivity index (χ0) is 16.8. The predicted molar refractivity (Wildman–Crippen MR) is 88.1 cm³/mol. The van der Waals surface area contributed by atoms with Gasteiger partial charge < -0.3 is 15.4 Å². The van der Waals surface area contributed by atoms with E-state index in [1.807, 2.05) is 13.0 Å². The zero-order valence-electron chi connectivity index (χ0n) is 13.5. The number of aryl methyl sites for hydroxylation is 1. The van der Waals surface area contributed by atoms with Crippen molar-refractivity contribution in [3.8, 4) is 0 Å². The largest absolute Gasteiger partial charge is 0.385 e. The lowest BCUT2D eigenvalue weighted by Crippen LogP contribution is -2.45. The molecule has 0 aliphatic rings. The summed E-state index contributed by atoms with van der Waals surface area (Å²) in [6.45, 7) is 6.08. The highest BCUT2D eigenvalue weighted by molar-refractivity contribution is 6.31. The van der Waals surface area contributed by atoms with Crippen molar-refractivity contribution < 1.29 is 14.3 Å². The molecular formula is C16H23ClN2O3. The summed E-state index contributed by atoms with van der Waals surface area (Å²) in [5.41, 5.74) is 0.314. The van der Waals surface area contributed by atoms with Crippen molar-refractivity contribution in [3.05, 3.63) is 28.8 Å². The molecule has 0 aliphatic heterocycles. The molecule has 1 aromatic rings. The fourth-order valence-electron chi connectivity index (χ4n) is 1.75. The highest BCUT2D eigenvalue weighted by atomic mass is 35.5. The summed E-state index contributed by atoms with van der Waals surface area (Å²) in [6, 6.07) is 5.23. The van der Waals surface area contributed by atoms with Gasteiger partial charge >= 0.3 is 0 Å². The number of rotatable bonds is 7. The third kappa shape index (κ3) is 5.00. The number of carbonyl (C=O) groups excluding carboxylic acids is 2. The molecule has 1 aromatic carbocycles. The highest BCUT2D eigenvalue weighted by Gasteiger charge is 2.36. The molecule has 0 saturated heterocycles. The van der Waals surface area contributed by atoms with Gasteiger partial charge in [-0.2, -0.15) is 0 Å². The molecule has 0 unspecified atom stereocenters. The van der Waals surface area contributed by atoms with Crippen LogP contribution in [0.4, 0.5) is 5.69 Å². The first-order chi connectivity index (χ1) is 10.3. The molecule has 0 saturated carbocycles. The van der Waals surface area contributed by atoms with E-state index in [9.17, 15) is 9.59 Å². The van der Waals surface area contributed by atoms with E-state index >= 15 is 0 Å². The van der Waals surface area contributed by atoms with Crippen molar-refractivity contribution in [1.82, 2.24) is 5.32 Å². The maximum absolute atomic E-state index is 12.4. The Morgan fingerprint density at radius 2 is 1.95 bits per heavy atom. The first-order valence-electron chi connectivity index (χ1n) is 7.14. The molecule has 0 aliphatic carbocycles. The van der Waals surface area contributed by atoms with Crippen LogP contribution in [0.3, 0.4) is 0 Å². The first kappa shape index (κ1) is 18.5. The molecule has 122 valence electrons. The molecule has 0 spiro atoms. The van der Waals surface area contributed by atoms with E-state index in [-0.39, 0.29) is 11.8 Å². The van der Waals surface area contributed by atoms with Gasteiger partial charge in [0.1, 0.15) is 5.41 Å². The average Bonchev–Trinajstić information content (AvgIpc) is 2.47. The lowest BCUT2D eigenvalue weighted by Gasteiger charge is -2.23. The minimum Gasteiger partial charge on any atom is -0.385 e. The summed E-state index contributed by atoms with van der Waals surface area (Å²) < 4.78 is 4.92. The number of carbonyl (C=O) groups is 2. The van der Waals surface area contributed by atoms with Crippen LogP contribution in [0.1, 0.15) is 25.8 Å². The number of ether oxygens (including phenoxy) is 1. The normalized spacial score (nSPS) is 11.1. The Kier molecular flexibility index (Phi) is 6.84. The van der Waals surface area contributed by atoms with E-state index in [0.29, 0.717) is 30.3 Å². The van der Waals surface area contributed by atoms with Crippen LogP contribution in [0.2, 0.25) is 5.02 Å². The van der Waals surface area contributed by atoms with Crippen molar-refractivity contribution in [3.63, 3.8) is 0 Å². The number of methoxy groups -OCH3 is 1. The van der Waals surface area contributed by atoms with Crippen LogP contribution in [0.25, 0.3) is 0 Å². The number of benzene rings is 1. The van der Waals surface area contributed by atoms with Crippen LogP contribution in [0, 0.1) is 12.3 Å². The molecule has 2 amide bonds. The highest BCUT2D eigenvalue weighted by Crippen LogP contribution is 2.24. The van der Waals surface area contributed by atoms with Gasteiger partial charge in [-0.25, -0.2) is 0 Å². The molecule has 5 nitrogen and oxygen atoms in total. The summed E-state index contributed by atoms with van der Waals surface area (Å²) in [5.74, 6) is -0.692. The van der Waals surface area contributed by atoms with Crippen molar-refractivity contribution in [2.45, 2.75) is 27.2 Å². The van der Waals surface area contributed by atoms with Gasteiger partial charge in [-0.3, -0.25) is 9.59 Å². The Hall–Kier alpha value is -1.59. The Morgan fingerprint density at radius 1 is 1.27 bits per heavy atom. The number of nitrogens with one attached hydrogen (secondary N) is 2. The van der Waals surface area contributed by atoms with Crippen LogP contribution in [0.5, 0.6) is 0 Å². The lowest BCUT2D eigenvalue weighted by molar-refractivity contribution is -0.138. The van der Waals surface area contributed by atoms with E-state index in [0.717, 1.165) is 5.56 Å². The van der Waals surface area contributed by atoms with E-state index in [1.54, 1.807) is 33.1 Å². The number of anilines is 1. The molecule has 0 heterocycles. The standard InChI is InChI=1S/C16H23ClN2O3/c1-11-6-7-12(17)10-13(11)19-15(21)16(2,3)14(20)18-8-5-9-22-4/h6-7,10H,5,8-9H2,1-4H3,(H,18,20)(H,19,21). The third-order valence-corrected chi connectivity index (χ3v) is 3.63. The molecule has 0 aromatic heterocycles. The second-order valence-electron chi connectivity index (χ2n) is 5.64. The molecular weight excluding hydrogens is 304 g/mol. The average molecular weight is 327 g/mol. The second kappa shape index (κ2) is 8.15. The van der Waals surface area contributed by atoms with Gasteiger partial charge in [-0.15, -0.1) is 0 Å². The smallest absolute Gasteiger partial charge is 0.239 e. The first-order valence-corrected chi connectivity index (χ1v) is 7.51. The summed E-state index contributed by atoms with van der Waals surface area (Å²) in [4.78, 5) is 24.6. The minimum atomic E-state index is -1.18. The van der Waals surface area contributed by atoms with Gasteiger partial charge in [-0.05, 0) is 44.9 Å². The van der Waals surface area contributed by atoms with E-state index in [2.05, 4.69) is 10.6 Å². The monoisotopic (exact) mass is 326 g/mol. The third-order valence-electron chi connectivity index (χ3n) is 3.39. The van der Waals surface area contributed by atoms with Crippen LogP contribution in [-0.2, 0) is 14.3 Å². The van der Waals surface area contributed by atoms with Crippen molar-refractivity contribution in [2.24, 2.45) is 5.41 Å². The molecule has 22 heavy (non-hydrogen) atoms. The number of amides is 2. The molecule has 0 atom stereocenters. The molecule has 6 heteroatoms. The quantitative estimate of drug-likeness (QED) is 0.598. The molecule has 2 N–H and O–H groups in total. The van der Waals surface area contributed by atoms with Gasteiger partial charge in [0, 0.05) is 31.0 Å². The second-order valence-corrected chi connectivity index (χ2v) is 6.08. The van der Waals surface area contributed by atoms with E-state index in [1.165, 1.54) is 0 Å². The summed E-state index contributed by atoms with van der Waals surface area (Å²) in [6.07, 6.45) is 0.702. The van der Waals surface area contributed by atoms with Gasteiger partial charge in [0.25, 0.3) is 0 Å². The molecule has 1 rings (SSSR count). The number of hydrogen-bond donors (Lipinski definition) is 2. The Balaban J connectivity index is 2.69. The summed E-state index contributed by atoms with van der Waals surface area (Å²) in [5, 5.41) is 6.04. The topological polar surface area (TPSA) is 67.4 Å². The minimum absolute atomic E-state index is 0.319. The summed E-state index contributed by atoms with van der Waals surface area (Å²) in [7, 11) is 1.60. The maximum Gasteiger partial charge on any atom is 0.239 e. The zero-order valence-corrected chi connectivity index (χ0v) is 14.2. The van der Waals surface area contributed by atoms with Crippen LogP contribution in [-0.4, -0.2) is 32.1 Å². The Labute approximate surface area is 136 Å². The van der Waals surface area contributed by atoms with Crippen LogP contribution < -0.4 is 10.6 Å². The van der Waals surface area contributed by atoms with Crippen LogP contribution >= 0.6 is 11.6 Å². The van der Waals surface area contributed by atoms with Gasteiger partial charge in [-0.1, -0.05) is 17.7 Å². The Bertz CT molecular complexity index is 544. The number of halogens is 1. The fraction of sp³-hybridized carbons (Fsp3) is 0.500. The molecule has 0 radical (unpaired) electrons. The van der Waals surface area contributed by atoms with E-state index < -0.39 is 5.41 Å². The Morgan fingerprint density at radius 3 is 2.59 bits per heavy atom. The predicted octanol–water partition coefficient (Wildman–Crippen LogP) is 2.77. The number of hydrogen-bond acceptors (Lipinski definition) is 3. The fourth-order valence-corrected chi connectivity index (χ4v) is 1.92. The van der Waals surface area contributed by atoms with E-state index in [4.69, 9.17) is 16.3 Å². The van der Waals surface area contributed by atoms with Crippen molar-refractivity contribution in [2.75, 3.05) is 25.6 Å². The van der Waals surface area contributed by atoms with Crippen molar-refractivity contribution in [1.29, 1.82) is 0 Å². The molecule has 0 fully saturated rings.